The predicted molar refractivity (Wildman–Crippen MR) is 105 cm³/mol. The summed E-state index contributed by atoms with van der Waals surface area (Å²) in [4.78, 5) is 18.0. The Morgan fingerprint density at radius 1 is 1.24 bits per heavy atom. The highest BCUT2D eigenvalue weighted by Gasteiger charge is 2.25. The monoisotopic (exact) mass is 357 g/mol. The Morgan fingerprint density at radius 2 is 2.00 bits per heavy atom. The number of hydrogen-bond acceptors (Lipinski definition) is 2. The molecule has 0 saturated carbocycles. The molecule has 0 fully saturated rings. The van der Waals surface area contributed by atoms with Gasteiger partial charge in [-0.25, -0.2) is 0 Å². The quantitative estimate of drug-likeness (QED) is 0.785. The van der Waals surface area contributed by atoms with Crippen molar-refractivity contribution in [1.29, 1.82) is 0 Å². The molecule has 5 heteroatoms. The Morgan fingerprint density at radius 3 is 2.72 bits per heavy atom. The van der Waals surface area contributed by atoms with Gasteiger partial charge in [-0.15, -0.1) is 0 Å². The smallest absolute Gasteiger partial charge is 0.256 e. The van der Waals surface area contributed by atoms with E-state index in [1.165, 1.54) is 16.8 Å². The van der Waals surface area contributed by atoms with Crippen LogP contribution in [-0.2, 0) is 11.2 Å². The molecule has 0 saturated heterocycles. The Kier molecular flexibility index (Phi) is 5.02. The van der Waals surface area contributed by atoms with Gasteiger partial charge in [0.05, 0.1) is 11.3 Å². The fourth-order valence-electron chi connectivity index (χ4n) is 3.36. The number of aromatic nitrogens is 1. The molecule has 4 nitrogen and oxygen atoms in total. The number of rotatable bonds is 5. The summed E-state index contributed by atoms with van der Waals surface area (Å²) >= 11 is 6.02. The van der Waals surface area contributed by atoms with E-state index < -0.39 is 0 Å². The summed E-state index contributed by atoms with van der Waals surface area (Å²) in [6, 6.07) is 5.49. The SMILES string of the molecule is Cc1[nH]c(/C=C2\C(=O)Nc3cc(Cl)ccc32)c(C)c1CCCN(C)C. The van der Waals surface area contributed by atoms with E-state index in [1.807, 2.05) is 18.2 Å². The van der Waals surface area contributed by atoms with Crippen LogP contribution in [0.2, 0.25) is 5.02 Å². The van der Waals surface area contributed by atoms with Crippen molar-refractivity contribution in [3.63, 3.8) is 0 Å². The molecular weight excluding hydrogens is 334 g/mol. The van der Waals surface area contributed by atoms with E-state index in [-0.39, 0.29) is 5.91 Å². The van der Waals surface area contributed by atoms with Gasteiger partial charge in [0.2, 0.25) is 0 Å². The van der Waals surface area contributed by atoms with Crippen molar-refractivity contribution in [3.8, 4) is 0 Å². The number of H-pyrrole nitrogens is 1. The standard InChI is InChI=1S/C20H24ClN3O/c1-12-15(6-5-9-24(3)4)13(2)22-18(12)11-17-16-8-7-14(21)10-19(16)23-20(17)25/h7-8,10-11,22H,5-6,9H2,1-4H3,(H,23,25)/b17-11-. The molecule has 1 aliphatic rings. The number of aromatic amines is 1. The van der Waals surface area contributed by atoms with Gasteiger partial charge in [-0.3, -0.25) is 4.79 Å². The van der Waals surface area contributed by atoms with Crippen molar-refractivity contribution in [2.45, 2.75) is 26.7 Å². The zero-order chi connectivity index (χ0) is 18.1. The van der Waals surface area contributed by atoms with Crippen LogP contribution in [0.5, 0.6) is 0 Å². The maximum atomic E-state index is 12.4. The third kappa shape index (κ3) is 3.65. The number of hydrogen-bond donors (Lipinski definition) is 2. The lowest BCUT2D eigenvalue weighted by atomic mass is 10.0. The Bertz CT molecular complexity index is 849. The number of carbonyl (C=O) groups excluding carboxylic acids is 1. The van der Waals surface area contributed by atoms with E-state index in [4.69, 9.17) is 11.6 Å². The molecule has 2 aromatic rings. The third-order valence-corrected chi connectivity index (χ3v) is 4.95. The second-order valence-corrected chi connectivity index (χ2v) is 7.31. The number of halogens is 1. The van der Waals surface area contributed by atoms with Crippen LogP contribution in [0.25, 0.3) is 11.6 Å². The van der Waals surface area contributed by atoms with Crippen LogP contribution >= 0.6 is 11.6 Å². The van der Waals surface area contributed by atoms with Crippen LogP contribution in [0.15, 0.2) is 18.2 Å². The molecule has 0 atom stereocenters. The average molecular weight is 358 g/mol. The average Bonchev–Trinajstić information content (AvgIpc) is 2.98. The third-order valence-electron chi connectivity index (χ3n) is 4.72. The van der Waals surface area contributed by atoms with Gasteiger partial charge in [-0.1, -0.05) is 17.7 Å². The molecule has 0 radical (unpaired) electrons. The van der Waals surface area contributed by atoms with Gasteiger partial charge in [-0.2, -0.15) is 0 Å². The number of amides is 1. The van der Waals surface area contributed by atoms with Gasteiger partial charge >= 0.3 is 0 Å². The molecule has 2 N–H and O–H groups in total. The summed E-state index contributed by atoms with van der Waals surface area (Å²) in [6.45, 7) is 5.29. The van der Waals surface area contributed by atoms with E-state index >= 15 is 0 Å². The first-order chi connectivity index (χ1) is 11.9. The zero-order valence-electron chi connectivity index (χ0n) is 15.2. The molecule has 0 spiro atoms. The molecule has 1 aromatic carbocycles. The van der Waals surface area contributed by atoms with Gasteiger partial charge in [0.15, 0.2) is 0 Å². The Labute approximate surface area is 153 Å². The number of nitrogens with one attached hydrogen (secondary N) is 2. The minimum atomic E-state index is -0.0851. The summed E-state index contributed by atoms with van der Waals surface area (Å²) in [7, 11) is 4.18. The summed E-state index contributed by atoms with van der Waals surface area (Å²) in [5.74, 6) is -0.0851. The van der Waals surface area contributed by atoms with Crippen molar-refractivity contribution < 1.29 is 4.79 Å². The number of aryl methyl sites for hydroxylation is 1. The van der Waals surface area contributed by atoms with Crippen LogP contribution in [0.4, 0.5) is 5.69 Å². The fraction of sp³-hybridized carbons (Fsp3) is 0.350. The normalized spacial score (nSPS) is 15.1. The summed E-state index contributed by atoms with van der Waals surface area (Å²) in [5, 5.41) is 3.51. The second-order valence-electron chi connectivity index (χ2n) is 6.88. The summed E-state index contributed by atoms with van der Waals surface area (Å²) < 4.78 is 0. The van der Waals surface area contributed by atoms with E-state index in [9.17, 15) is 4.79 Å². The first-order valence-corrected chi connectivity index (χ1v) is 8.90. The van der Waals surface area contributed by atoms with Gasteiger partial charge in [0.1, 0.15) is 0 Å². The van der Waals surface area contributed by atoms with Crippen molar-refractivity contribution >= 4 is 34.8 Å². The van der Waals surface area contributed by atoms with Gasteiger partial charge in [0, 0.05) is 22.0 Å². The lowest BCUT2D eigenvalue weighted by Crippen LogP contribution is -2.13. The molecule has 1 aliphatic heterocycles. The van der Waals surface area contributed by atoms with E-state index in [0.717, 1.165) is 36.3 Å². The second kappa shape index (κ2) is 7.06. The van der Waals surface area contributed by atoms with Gasteiger partial charge < -0.3 is 15.2 Å². The van der Waals surface area contributed by atoms with Crippen molar-refractivity contribution in [3.05, 3.63) is 51.3 Å². The van der Waals surface area contributed by atoms with Crippen LogP contribution in [0, 0.1) is 13.8 Å². The molecule has 3 rings (SSSR count). The van der Waals surface area contributed by atoms with Gasteiger partial charge in [-0.05, 0) is 76.7 Å². The van der Waals surface area contributed by atoms with E-state index in [1.54, 1.807) is 6.07 Å². The van der Waals surface area contributed by atoms with Crippen molar-refractivity contribution in [1.82, 2.24) is 9.88 Å². The molecule has 1 amide bonds. The lowest BCUT2D eigenvalue weighted by molar-refractivity contribution is -0.110. The number of carbonyl (C=O) groups is 1. The summed E-state index contributed by atoms with van der Waals surface area (Å²) in [5.41, 5.74) is 7.10. The van der Waals surface area contributed by atoms with Crippen LogP contribution in [0.1, 0.15) is 34.5 Å². The molecule has 0 aliphatic carbocycles. The molecule has 25 heavy (non-hydrogen) atoms. The maximum Gasteiger partial charge on any atom is 0.256 e. The molecule has 0 unspecified atom stereocenters. The van der Waals surface area contributed by atoms with E-state index in [0.29, 0.717) is 10.6 Å². The van der Waals surface area contributed by atoms with Crippen molar-refractivity contribution in [2.75, 3.05) is 26.0 Å². The molecule has 132 valence electrons. The fourth-order valence-corrected chi connectivity index (χ4v) is 3.53. The Hall–Kier alpha value is -2.04. The highest BCUT2D eigenvalue weighted by atomic mass is 35.5. The maximum absolute atomic E-state index is 12.4. The molecule has 1 aromatic heterocycles. The molecule has 0 bridgehead atoms. The largest absolute Gasteiger partial charge is 0.359 e. The number of fused-ring (bicyclic) bond motifs is 1. The van der Waals surface area contributed by atoms with Gasteiger partial charge in [0.25, 0.3) is 5.91 Å². The highest BCUT2D eigenvalue weighted by molar-refractivity contribution is 6.36. The first-order valence-electron chi connectivity index (χ1n) is 8.52. The molecular formula is C20H24ClN3O. The number of nitrogens with zero attached hydrogens (tertiary/aromatic N) is 1. The Balaban J connectivity index is 1.91. The van der Waals surface area contributed by atoms with Crippen LogP contribution < -0.4 is 5.32 Å². The minimum absolute atomic E-state index is 0.0851. The lowest BCUT2D eigenvalue weighted by Gasteiger charge is -2.09. The first kappa shape index (κ1) is 17.8. The highest BCUT2D eigenvalue weighted by Crippen LogP contribution is 2.35. The predicted octanol–water partition coefficient (Wildman–Crippen LogP) is 4.27. The summed E-state index contributed by atoms with van der Waals surface area (Å²) in [6.07, 6.45) is 4.10. The van der Waals surface area contributed by atoms with Crippen LogP contribution in [-0.4, -0.2) is 36.4 Å². The molecule has 2 heterocycles. The number of anilines is 1. The number of benzene rings is 1. The van der Waals surface area contributed by atoms with Crippen LogP contribution in [0.3, 0.4) is 0 Å². The van der Waals surface area contributed by atoms with Crippen molar-refractivity contribution in [2.24, 2.45) is 0 Å². The van der Waals surface area contributed by atoms with E-state index in [2.05, 4.69) is 43.1 Å². The zero-order valence-corrected chi connectivity index (χ0v) is 15.9. The minimum Gasteiger partial charge on any atom is -0.359 e. The topological polar surface area (TPSA) is 48.1 Å².